The molecule has 20 heavy (non-hydrogen) atoms. The Kier molecular flexibility index (Phi) is 4.30. The predicted octanol–water partition coefficient (Wildman–Crippen LogP) is 4.40. The molecule has 1 fully saturated rings. The van der Waals surface area contributed by atoms with E-state index in [4.69, 9.17) is 4.74 Å². The quantitative estimate of drug-likeness (QED) is 0.885. The molecule has 0 spiro atoms. The molecular formula is C18H26O2. The van der Waals surface area contributed by atoms with Gasteiger partial charge in [-0.15, -0.1) is 0 Å². The summed E-state index contributed by atoms with van der Waals surface area (Å²) in [5.41, 5.74) is 2.39. The molecule has 0 bridgehead atoms. The van der Waals surface area contributed by atoms with Crippen molar-refractivity contribution < 1.29 is 9.84 Å². The number of aryl methyl sites for hydroxylation is 1. The zero-order chi connectivity index (χ0) is 13.9. The van der Waals surface area contributed by atoms with E-state index in [2.05, 4.69) is 25.1 Å². The Labute approximate surface area is 122 Å². The number of fused-ring (bicyclic) bond motifs is 1. The average Bonchev–Trinajstić information content (AvgIpc) is 2.48. The molecule has 2 heteroatoms. The van der Waals surface area contributed by atoms with Crippen molar-refractivity contribution in [2.75, 3.05) is 0 Å². The number of aliphatic hydroxyl groups is 1. The highest BCUT2D eigenvalue weighted by atomic mass is 16.5. The van der Waals surface area contributed by atoms with Crippen LogP contribution in [0, 0.1) is 5.92 Å². The Balaban J connectivity index is 1.74. The van der Waals surface area contributed by atoms with Gasteiger partial charge in [0.2, 0.25) is 0 Å². The molecule has 3 atom stereocenters. The standard InChI is InChI=1S/C18H26O2/c1-2-13-6-3-4-9-18(13)20-15-10-11-16-14(12-15)7-5-8-17(16)19/h10-13,17-19H,2-9H2,1H3. The molecule has 3 unspecified atom stereocenters. The van der Waals surface area contributed by atoms with Crippen LogP contribution in [0.25, 0.3) is 0 Å². The second-order valence-electron chi connectivity index (χ2n) is 6.38. The summed E-state index contributed by atoms with van der Waals surface area (Å²) in [5.74, 6) is 1.72. The second-order valence-corrected chi connectivity index (χ2v) is 6.38. The Bertz CT molecular complexity index is 455. The van der Waals surface area contributed by atoms with Crippen LogP contribution in [0.1, 0.15) is 69.1 Å². The summed E-state index contributed by atoms with van der Waals surface area (Å²) in [6, 6.07) is 6.28. The van der Waals surface area contributed by atoms with Gasteiger partial charge in [0.15, 0.2) is 0 Å². The van der Waals surface area contributed by atoms with Crippen LogP contribution >= 0.6 is 0 Å². The van der Waals surface area contributed by atoms with Crippen molar-refractivity contribution in [1.82, 2.24) is 0 Å². The molecule has 110 valence electrons. The van der Waals surface area contributed by atoms with E-state index in [1.165, 1.54) is 37.7 Å². The molecule has 0 aromatic heterocycles. The van der Waals surface area contributed by atoms with Crippen molar-refractivity contribution in [2.45, 2.75) is 70.5 Å². The highest BCUT2D eigenvalue weighted by Gasteiger charge is 2.26. The van der Waals surface area contributed by atoms with Gasteiger partial charge in [-0.2, -0.15) is 0 Å². The molecule has 2 nitrogen and oxygen atoms in total. The van der Waals surface area contributed by atoms with E-state index in [-0.39, 0.29) is 6.10 Å². The van der Waals surface area contributed by atoms with Crippen LogP contribution in [-0.4, -0.2) is 11.2 Å². The third kappa shape index (κ3) is 2.85. The number of hydrogen-bond donors (Lipinski definition) is 1. The van der Waals surface area contributed by atoms with E-state index in [1.54, 1.807) is 0 Å². The number of hydrogen-bond acceptors (Lipinski definition) is 2. The van der Waals surface area contributed by atoms with Crippen molar-refractivity contribution in [2.24, 2.45) is 5.92 Å². The summed E-state index contributed by atoms with van der Waals surface area (Å²) >= 11 is 0. The van der Waals surface area contributed by atoms with Gasteiger partial charge >= 0.3 is 0 Å². The first-order valence-electron chi connectivity index (χ1n) is 8.25. The fourth-order valence-corrected chi connectivity index (χ4v) is 3.81. The van der Waals surface area contributed by atoms with Crippen LogP contribution < -0.4 is 4.74 Å². The van der Waals surface area contributed by atoms with Crippen molar-refractivity contribution in [1.29, 1.82) is 0 Å². The summed E-state index contributed by atoms with van der Waals surface area (Å²) in [4.78, 5) is 0. The topological polar surface area (TPSA) is 29.5 Å². The van der Waals surface area contributed by atoms with Crippen molar-refractivity contribution in [3.63, 3.8) is 0 Å². The summed E-state index contributed by atoms with van der Waals surface area (Å²) < 4.78 is 6.28. The lowest BCUT2D eigenvalue weighted by molar-refractivity contribution is 0.0900. The van der Waals surface area contributed by atoms with Gasteiger partial charge in [-0.25, -0.2) is 0 Å². The number of ether oxygens (including phenoxy) is 1. The molecule has 0 saturated heterocycles. The van der Waals surface area contributed by atoms with E-state index in [9.17, 15) is 5.11 Å². The molecular weight excluding hydrogens is 248 g/mol. The van der Waals surface area contributed by atoms with Gasteiger partial charge in [0.25, 0.3) is 0 Å². The van der Waals surface area contributed by atoms with Crippen LogP contribution in [-0.2, 0) is 6.42 Å². The lowest BCUT2D eigenvalue weighted by Gasteiger charge is -2.31. The fraction of sp³-hybridized carbons (Fsp3) is 0.667. The van der Waals surface area contributed by atoms with Crippen LogP contribution in [0.3, 0.4) is 0 Å². The maximum Gasteiger partial charge on any atom is 0.120 e. The molecule has 2 aliphatic rings. The van der Waals surface area contributed by atoms with E-state index in [1.807, 2.05) is 0 Å². The highest BCUT2D eigenvalue weighted by Crippen LogP contribution is 2.34. The average molecular weight is 274 g/mol. The molecule has 1 aromatic carbocycles. The van der Waals surface area contributed by atoms with Gasteiger partial charge in [0.05, 0.1) is 6.10 Å². The van der Waals surface area contributed by atoms with Gasteiger partial charge in [0, 0.05) is 0 Å². The Morgan fingerprint density at radius 1 is 1.15 bits per heavy atom. The lowest BCUT2D eigenvalue weighted by atomic mass is 9.84. The summed E-state index contributed by atoms with van der Waals surface area (Å²) in [5, 5.41) is 10.0. The largest absolute Gasteiger partial charge is 0.490 e. The zero-order valence-corrected chi connectivity index (χ0v) is 12.5. The SMILES string of the molecule is CCC1CCCCC1Oc1ccc2c(c1)CCCC2O. The highest BCUT2D eigenvalue weighted by molar-refractivity contribution is 5.38. The maximum absolute atomic E-state index is 10.0. The first kappa shape index (κ1) is 13.9. The molecule has 0 amide bonds. The molecule has 2 aliphatic carbocycles. The first-order chi connectivity index (χ1) is 9.78. The van der Waals surface area contributed by atoms with Gasteiger partial charge in [-0.1, -0.05) is 19.4 Å². The monoisotopic (exact) mass is 274 g/mol. The van der Waals surface area contributed by atoms with Crippen molar-refractivity contribution in [3.8, 4) is 5.75 Å². The summed E-state index contributed by atoms with van der Waals surface area (Å²) in [7, 11) is 0. The first-order valence-corrected chi connectivity index (χ1v) is 8.25. The fourth-order valence-electron chi connectivity index (χ4n) is 3.81. The van der Waals surface area contributed by atoms with E-state index < -0.39 is 0 Å². The van der Waals surface area contributed by atoms with Crippen LogP contribution in [0.4, 0.5) is 0 Å². The smallest absolute Gasteiger partial charge is 0.120 e. The van der Waals surface area contributed by atoms with Crippen LogP contribution in [0.15, 0.2) is 18.2 Å². The number of benzene rings is 1. The van der Waals surface area contributed by atoms with Gasteiger partial charge < -0.3 is 9.84 Å². The van der Waals surface area contributed by atoms with Crippen LogP contribution in [0.5, 0.6) is 5.75 Å². The van der Waals surface area contributed by atoms with Crippen LogP contribution in [0.2, 0.25) is 0 Å². The molecule has 1 saturated carbocycles. The number of aliphatic hydroxyl groups excluding tert-OH is 1. The maximum atomic E-state index is 10.0. The third-order valence-electron chi connectivity index (χ3n) is 5.05. The Morgan fingerprint density at radius 2 is 2.00 bits per heavy atom. The van der Waals surface area contributed by atoms with Gasteiger partial charge in [0.1, 0.15) is 11.9 Å². The minimum absolute atomic E-state index is 0.272. The summed E-state index contributed by atoms with van der Waals surface area (Å²) in [6.45, 7) is 2.27. The normalized spacial score (nSPS) is 29.8. The Morgan fingerprint density at radius 3 is 2.85 bits per heavy atom. The van der Waals surface area contributed by atoms with Crippen molar-refractivity contribution >= 4 is 0 Å². The molecule has 1 aromatic rings. The summed E-state index contributed by atoms with van der Waals surface area (Å²) in [6.07, 6.45) is 9.54. The molecule has 3 rings (SSSR count). The van der Waals surface area contributed by atoms with E-state index in [0.717, 1.165) is 30.6 Å². The van der Waals surface area contributed by atoms with Gasteiger partial charge in [-0.05, 0) is 74.1 Å². The number of rotatable bonds is 3. The minimum atomic E-state index is -0.272. The van der Waals surface area contributed by atoms with Crippen molar-refractivity contribution in [3.05, 3.63) is 29.3 Å². The lowest BCUT2D eigenvalue weighted by Crippen LogP contribution is -2.30. The van der Waals surface area contributed by atoms with E-state index in [0.29, 0.717) is 12.0 Å². The zero-order valence-electron chi connectivity index (χ0n) is 12.5. The van der Waals surface area contributed by atoms with Gasteiger partial charge in [-0.3, -0.25) is 0 Å². The molecule has 0 heterocycles. The molecule has 0 radical (unpaired) electrons. The predicted molar refractivity (Wildman–Crippen MR) is 81.0 cm³/mol. The Hall–Kier alpha value is -1.02. The minimum Gasteiger partial charge on any atom is -0.490 e. The molecule has 1 N–H and O–H groups in total. The second kappa shape index (κ2) is 6.17. The molecule has 0 aliphatic heterocycles. The third-order valence-corrected chi connectivity index (χ3v) is 5.05. The van der Waals surface area contributed by atoms with E-state index >= 15 is 0 Å².